The van der Waals surface area contributed by atoms with Crippen molar-refractivity contribution in [2.24, 2.45) is 0 Å². The highest BCUT2D eigenvalue weighted by Crippen LogP contribution is 2.07. The predicted octanol–water partition coefficient (Wildman–Crippen LogP) is 2.01. The lowest BCUT2D eigenvalue weighted by Gasteiger charge is -2.07. The van der Waals surface area contributed by atoms with E-state index in [1.165, 1.54) is 4.88 Å². The fourth-order valence-electron chi connectivity index (χ4n) is 1.53. The molecular formula is C12H14IN3OS. The SMILES string of the molecule is Cc1ncn(CCNCc2cccs2)c(=O)c1I. The average molecular weight is 375 g/mol. The van der Waals surface area contributed by atoms with Gasteiger partial charge in [0, 0.05) is 24.5 Å². The molecule has 0 spiro atoms. The number of nitrogens with one attached hydrogen (secondary N) is 1. The van der Waals surface area contributed by atoms with Gasteiger partial charge in [0.2, 0.25) is 0 Å². The number of hydrogen-bond acceptors (Lipinski definition) is 4. The summed E-state index contributed by atoms with van der Waals surface area (Å²) < 4.78 is 2.35. The highest BCUT2D eigenvalue weighted by Gasteiger charge is 2.04. The largest absolute Gasteiger partial charge is 0.310 e. The van der Waals surface area contributed by atoms with Crippen LogP contribution in [-0.4, -0.2) is 16.1 Å². The highest BCUT2D eigenvalue weighted by atomic mass is 127. The van der Waals surface area contributed by atoms with E-state index in [9.17, 15) is 4.79 Å². The van der Waals surface area contributed by atoms with Crippen molar-refractivity contribution in [3.05, 3.63) is 48.3 Å². The van der Waals surface area contributed by atoms with Gasteiger partial charge in [0.05, 0.1) is 15.6 Å². The van der Waals surface area contributed by atoms with Gasteiger partial charge in [0.1, 0.15) is 0 Å². The molecule has 18 heavy (non-hydrogen) atoms. The van der Waals surface area contributed by atoms with Gasteiger partial charge in [-0.2, -0.15) is 0 Å². The summed E-state index contributed by atoms with van der Waals surface area (Å²) in [6.45, 7) is 4.11. The Hall–Kier alpha value is -0.730. The van der Waals surface area contributed by atoms with Crippen molar-refractivity contribution in [1.29, 1.82) is 0 Å². The monoisotopic (exact) mass is 375 g/mol. The lowest BCUT2D eigenvalue weighted by molar-refractivity contribution is 0.577. The van der Waals surface area contributed by atoms with Crippen LogP contribution in [0.25, 0.3) is 0 Å². The topological polar surface area (TPSA) is 46.9 Å². The molecule has 0 atom stereocenters. The van der Waals surface area contributed by atoms with Gasteiger partial charge in [0.25, 0.3) is 5.56 Å². The molecule has 1 N–H and O–H groups in total. The van der Waals surface area contributed by atoms with E-state index in [0.717, 1.165) is 18.8 Å². The van der Waals surface area contributed by atoms with E-state index in [0.29, 0.717) is 10.1 Å². The molecule has 0 saturated carbocycles. The van der Waals surface area contributed by atoms with Crippen molar-refractivity contribution in [3.63, 3.8) is 0 Å². The lowest BCUT2D eigenvalue weighted by atomic mass is 10.4. The molecule has 0 aliphatic rings. The molecule has 6 heteroatoms. The number of aryl methyl sites for hydroxylation is 1. The summed E-state index contributed by atoms with van der Waals surface area (Å²) in [6, 6.07) is 4.14. The third kappa shape index (κ3) is 3.39. The van der Waals surface area contributed by atoms with Crippen LogP contribution in [0.2, 0.25) is 0 Å². The molecule has 0 aliphatic carbocycles. The van der Waals surface area contributed by atoms with Crippen molar-refractivity contribution < 1.29 is 0 Å². The van der Waals surface area contributed by atoms with E-state index in [2.05, 4.69) is 21.7 Å². The standard InChI is InChI=1S/C12H14IN3OS/c1-9-11(13)12(17)16(8-15-9)5-4-14-7-10-3-2-6-18-10/h2-3,6,8,14H,4-5,7H2,1H3. The lowest BCUT2D eigenvalue weighted by Crippen LogP contribution is -2.29. The Balaban J connectivity index is 1.87. The van der Waals surface area contributed by atoms with Crippen molar-refractivity contribution in [3.8, 4) is 0 Å². The van der Waals surface area contributed by atoms with Crippen LogP contribution >= 0.6 is 33.9 Å². The zero-order valence-corrected chi connectivity index (χ0v) is 13.0. The maximum atomic E-state index is 11.9. The number of hydrogen-bond donors (Lipinski definition) is 1. The van der Waals surface area contributed by atoms with E-state index in [1.807, 2.05) is 35.6 Å². The second-order valence-corrected chi connectivity index (χ2v) is 6.01. The number of halogens is 1. The second kappa shape index (κ2) is 6.44. The normalized spacial score (nSPS) is 10.8. The molecule has 0 saturated heterocycles. The van der Waals surface area contributed by atoms with Gasteiger partial charge < -0.3 is 5.32 Å². The molecule has 0 aliphatic heterocycles. The zero-order valence-electron chi connectivity index (χ0n) is 10.0. The molecule has 0 unspecified atom stereocenters. The fraction of sp³-hybridized carbons (Fsp3) is 0.333. The molecule has 0 radical (unpaired) electrons. The fourth-order valence-corrected chi connectivity index (χ4v) is 2.65. The first-order valence-corrected chi connectivity index (χ1v) is 7.59. The summed E-state index contributed by atoms with van der Waals surface area (Å²) >= 11 is 3.78. The first-order chi connectivity index (χ1) is 8.68. The van der Waals surface area contributed by atoms with E-state index < -0.39 is 0 Å². The maximum absolute atomic E-state index is 11.9. The average Bonchev–Trinajstić information content (AvgIpc) is 2.87. The molecular weight excluding hydrogens is 361 g/mol. The van der Waals surface area contributed by atoms with E-state index in [1.54, 1.807) is 22.2 Å². The van der Waals surface area contributed by atoms with Gasteiger partial charge in [-0.25, -0.2) is 4.98 Å². The minimum atomic E-state index is 0.0426. The van der Waals surface area contributed by atoms with E-state index in [4.69, 9.17) is 0 Å². The van der Waals surface area contributed by atoms with Crippen LogP contribution in [0.5, 0.6) is 0 Å². The first-order valence-electron chi connectivity index (χ1n) is 5.63. The molecule has 2 heterocycles. The van der Waals surface area contributed by atoms with Gasteiger partial charge in [0.15, 0.2) is 0 Å². The zero-order chi connectivity index (χ0) is 13.0. The number of rotatable bonds is 5. The van der Waals surface area contributed by atoms with Gasteiger partial charge in [-0.05, 0) is 41.0 Å². The van der Waals surface area contributed by atoms with E-state index >= 15 is 0 Å². The summed E-state index contributed by atoms with van der Waals surface area (Å²) in [7, 11) is 0. The molecule has 2 aromatic heterocycles. The van der Waals surface area contributed by atoms with Gasteiger partial charge >= 0.3 is 0 Å². The van der Waals surface area contributed by atoms with Crippen molar-refractivity contribution >= 4 is 33.9 Å². The highest BCUT2D eigenvalue weighted by molar-refractivity contribution is 14.1. The number of aromatic nitrogens is 2. The second-order valence-electron chi connectivity index (χ2n) is 3.90. The maximum Gasteiger partial charge on any atom is 0.267 e. The molecule has 0 bridgehead atoms. The Bertz CT molecular complexity index is 565. The Kier molecular flexibility index (Phi) is 4.90. The van der Waals surface area contributed by atoms with Gasteiger partial charge in [-0.1, -0.05) is 6.07 Å². The summed E-state index contributed by atoms with van der Waals surface area (Å²) in [5.41, 5.74) is 0.837. The van der Waals surface area contributed by atoms with Crippen LogP contribution < -0.4 is 10.9 Å². The van der Waals surface area contributed by atoms with Crippen LogP contribution in [0.4, 0.5) is 0 Å². The van der Waals surface area contributed by atoms with Crippen molar-refractivity contribution in [2.45, 2.75) is 20.0 Å². The minimum absolute atomic E-state index is 0.0426. The summed E-state index contributed by atoms with van der Waals surface area (Å²) in [5.74, 6) is 0. The van der Waals surface area contributed by atoms with Crippen molar-refractivity contribution in [1.82, 2.24) is 14.9 Å². The van der Waals surface area contributed by atoms with Crippen LogP contribution in [-0.2, 0) is 13.1 Å². The first kappa shape index (κ1) is 13.7. The van der Waals surface area contributed by atoms with Crippen LogP contribution in [0, 0.1) is 10.5 Å². The third-order valence-corrected chi connectivity index (χ3v) is 4.68. The molecule has 4 nitrogen and oxygen atoms in total. The van der Waals surface area contributed by atoms with Crippen LogP contribution in [0.3, 0.4) is 0 Å². The predicted molar refractivity (Wildman–Crippen MR) is 82.0 cm³/mol. The third-order valence-electron chi connectivity index (χ3n) is 2.57. The quantitative estimate of drug-likeness (QED) is 0.643. The summed E-state index contributed by atoms with van der Waals surface area (Å²) in [6.07, 6.45) is 1.62. The van der Waals surface area contributed by atoms with Crippen LogP contribution in [0.1, 0.15) is 10.6 Å². The summed E-state index contributed by atoms with van der Waals surface area (Å²) in [4.78, 5) is 17.4. The van der Waals surface area contributed by atoms with E-state index in [-0.39, 0.29) is 5.56 Å². The van der Waals surface area contributed by atoms with Crippen LogP contribution in [0.15, 0.2) is 28.6 Å². The molecule has 0 aromatic carbocycles. The Morgan fingerprint density at radius 3 is 3.11 bits per heavy atom. The molecule has 0 amide bonds. The Morgan fingerprint density at radius 2 is 2.39 bits per heavy atom. The Morgan fingerprint density at radius 1 is 1.56 bits per heavy atom. The van der Waals surface area contributed by atoms with Gasteiger partial charge in [-0.3, -0.25) is 9.36 Å². The smallest absolute Gasteiger partial charge is 0.267 e. The molecule has 2 rings (SSSR count). The molecule has 0 fully saturated rings. The minimum Gasteiger partial charge on any atom is -0.310 e. The molecule has 96 valence electrons. The van der Waals surface area contributed by atoms with Gasteiger partial charge in [-0.15, -0.1) is 11.3 Å². The number of thiophene rings is 1. The summed E-state index contributed by atoms with van der Waals surface area (Å²) in [5, 5.41) is 5.38. The molecule has 2 aromatic rings. The van der Waals surface area contributed by atoms with Crippen molar-refractivity contribution in [2.75, 3.05) is 6.54 Å². The Labute approximate surface area is 123 Å². The number of nitrogens with zero attached hydrogens (tertiary/aromatic N) is 2.